The molecule has 21 heavy (non-hydrogen) atoms. The van der Waals surface area contributed by atoms with E-state index in [4.69, 9.17) is 14.2 Å². The third-order valence-corrected chi connectivity index (χ3v) is 4.12. The Bertz CT molecular complexity index is 459. The standard InChI is InChI=1S/C16H26N2O3/c1-5-18(13-6-7-17-10-13)11-12-8-15(20-3)16(21-4)9-14(12)19-2/h8-9,13,17H,5-7,10-11H2,1-4H3. The quantitative estimate of drug-likeness (QED) is 0.832. The van der Waals surface area contributed by atoms with Gasteiger partial charge in [-0.1, -0.05) is 6.92 Å². The van der Waals surface area contributed by atoms with Gasteiger partial charge in [0.05, 0.1) is 21.3 Å². The Labute approximate surface area is 127 Å². The molecule has 1 heterocycles. The first-order valence-corrected chi connectivity index (χ1v) is 7.47. The fourth-order valence-corrected chi connectivity index (χ4v) is 2.88. The molecule has 1 atom stereocenters. The Morgan fingerprint density at radius 2 is 1.76 bits per heavy atom. The van der Waals surface area contributed by atoms with Crippen molar-refractivity contribution in [2.24, 2.45) is 0 Å². The number of nitrogens with zero attached hydrogens (tertiary/aromatic N) is 1. The fraction of sp³-hybridized carbons (Fsp3) is 0.625. The number of methoxy groups -OCH3 is 3. The highest BCUT2D eigenvalue weighted by Gasteiger charge is 2.23. The molecule has 1 aromatic carbocycles. The van der Waals surface area contributed by atoms with E-state index in [0.29, 0.717) is 11.8 Å². The maximum atomic E-state index is 5.52. The van der Waals surface area contributed by atoms with E-state index >= 15 is 0 Å². The monoisotopic (exact) mass is 294 g/mol. The van der Waals surface area contributed by atoms with Gasteiger partial charge in [-0.25, -0.2) is 0 Å². The summed E-state index contributed by atoms with van der Waals surface area (Å²) in [5.74, 6) is 2.29. The normalized spacial score (nSPS) is 18.0. The molecular weight excluding hydrogens is 268 g/mol. The minimum Gasteiger partial charge on any atom is -0.496 e. The van der Waals surface area contributed by atoms with Crippen molar-refractivity contribution in [2.45, 2.75) is 25.9 Å². The molecule has 1 unspecified atom stereocenters. The third-order valence-electron chi connectivity index (χ3n) is 4.12. The Morgan fingerprint density at radius 1 is 1.10 bits per heavy atom. The number of benzene rings is 1. The van der Waals surface area contributed by atoms with Crippen LogP contribution < -0.4 is 19.5 Å². The number of hydrogen-bond donors (Lipinski definition) is 1. The molecule has 0 amide bonds. The van der Waals surface area contributed by atoms with Crippen LogP contribution in [-0.2, 0) is 6.54 Å². The molecule has 2 rings (SSSR count). The van der Waals surface area contributed by atoms with Gasteiger partial charge in [0, 0.05) is 30.8 Å². The highest BCUT2D eigenvalue weighted by atomic mass is 16.5. The van der Waals surface area contributed by atoms with Gasteiger partial charge < -0.3 is 19.5 Å². The second-order valence-electron chi connectivity index (χ2n) is 5.23. The van der Waals surface area contributed by atoms with Crippen molar-refractivity contribution >= 4 is 0 Å². The summed E-state index contributed by atoms with van der Waals surface area (Å²) in [5, 5.41) is 3.42. The summed E-state index contributed by atoms with van der Waals surface area (Å²) < 4.78 is 16.3. The van der Waals surface area contributed by atoms with Crippen molar-refractivity contribution in [1.29, 1.82) is 0 Å². The Kier molecular flexibility index (Phi) is 5.70. The summed E-state index contributed by atoms with van der Waals surface area (Å²) in [4.78, 5) is 2.48. The fourth-order valence-electron chi connectivity index (χ4n) is 2.88. The summed E-state index contributed by atoms with van der Waals surface area (Å²) in [6.07, 6.45) is 1.20. The second kappa shape index (κ2) is 7.52. The molecule has 0 aromatic heterocycles. The molecule has 1 aliphatic rings. The van der Waals surface area contributed by atoms with Crippen LogP contribution in [0.5, 0.6) is 17.2 Å². The van der Waals surface area contributed by atoms with Crippen molar-refractivity contribution in [3.05, 3.63) is 17.7 Å². The van der Waals surface area contributed by atoms with Crippen molar-refractivity contribution in [2.75, 3.05) is 41.0 Å². The van der Waals surface area contributed by atoms with Crippen LogP contribution in [0.2, 0.25) is 0 Å². The minimum atomic E-state index is 0.591. The van der Waals surface area contributed by atoms with E-state index in [-0.39, 0.29) is 0 Å². The molecule has 5 heteroatoms. The smallest absolute Gasteiger partial charge is 0.164 e. The molecule has 1 aromatic rings. The van der Waals surface area contributed by atoms with E-state index < -0.39 is 0 Å². The first-order valence-electron chi connectivity index (χ1n) is 7.47. The van der Waals surface area contributed by atoms with Gasteiger partial charge >= 0.3 is 0 Å². The van der Waals surface area contributed by atoms with Crippen LogP contribution in [0, 0.1) is 0 Å². The van der Waals surface area contributed by atoms with E-state index in [0.717, 1.165) is 43.2 Å². The van der Waals surface area contributed by atoms with Crippen LogP contribution in [0.3, 0.4) is 0 Å². The molecule has 0 radical (unpaired) electrons. The Balaban J connectivity index is 2.24. The zero-order chi connectivity index (χ0) is 15.2. The molecule has 0 aliphatic carbocycles. The topological polar surface area (TPSA) is 43.0 Å². The summed E-state index contributed by atoms with van der Waals surface area (Å²) in [6.45, 7) is 6.23. The largest absolute Gasteiger partial charge is 0.496 e. The maximum Gasteiger partial charge on any atom is 0.164 e. The zero-order valence-electron chi connectivity index (χ0n) is 13.4. The highest BCUT2D eigenvalue weighted by Crippen LogP contribution is 2.35. The maximum absolute atomic E-state index is 5.52. The first kappa shape index (κ1) is 15.9. The molecule has 0 bridgehead atoms. The van der Waals surface area contributed by atoms with Gasteiger partial charge in [0.1, 0.15) is 5.75 Å². The summed E-state index contributed by atoms with van der Waals surface area (Å²) >= 11 is 0. The number of hydrogen-bond acceptors (Lipinski definition) is 5. The van der Waals surface area contributed by atoms with Crippen molar-refractivity contribution in [3.8, 4) is 17.2 Å². The highest BCUT2D eigenvalue weighted by molar-refractivity contribution is 5.50. The van der Waals surface area contributed by atoms with Gasteiger partial charge in [-0.2, -0.15) is 0 Å². The molecule has 1 N–H and O–H groups in total. The zero-order valence-corrected chi connectivity index (χ0v) is 13.4. The minimum absolute atomic E-state index is 0.591. The Morgan fingerprint density at radius 3 is 2.29 bits per heavy atom. The van der Waals surface area contributed by atoms with Crippen LogP contribution in [0.4, 0.5) is 0 Å². The van der Waals surface area contributed by atoms with Gasteiger partial charge in [-0.3, -0.25) is 4.90 Å². The predicted molar refractivity (Wildman–Crippen MR) is 83.5 cm³/mol. The van der Waals surface area contributed by atoms with E-state index in [1.54, 1.807) is 21.3 Å². The molecule has 0 spiro atoms. The number of rotatable bonds is 7. The molecule has 118 valence electrons. The first-order chi connectivity index (χ1) is 10.2. The van der Waals surface area contributed by atoms with Crippen LogP contribution in [0.1, 0.15) is 18.9 Å². The predicted octanol–water partition coefficient (Wildman–Crippen LogP) is 1.90. The van der Waals surface area contributed by atoms with Gasteiger partial charge in [-0.05, 0) is 25.6 Å². The van der Waals surface area contributed by atoms with Crippen molar-refractivity contribution in [1.82, 2.24) is 10.2 Å². The lowest BCUT2D eigenvalue weighted by Crippen LogP contribution is -2.36. The van der Waals surface area contributed by atoms with E-state index in [2.05, 4.69) is 17.1 Å². The summed E-state index contributed by atoms with van der Waals surface area (Å²) in [6, 6.07) is 4.50. The summed E-state index contributed by atoms with van der Waals surface area (Å²) in [5.41, 5.74) is 1.13. The molecule has 1 aliphatic heterocycles. The van der Waals surface area contributed by atoms with Gasteiger partial charge in [0.25, 0.3) is 0 Å². The van der Waals surface area contributed by atoms with E-state index in [1.807, 2.05) is 12.1 Å². The van der Waals surface area contributed by atoms with Gasteiger partial charge in [-0.15, -0.1) is 0 Å². The van der Waals surface area contributed by atoms with Crippen molar-refractivity contribution in [3.63, 3.8) is 0 Å². The number of ether oxygens (including phenoxy) is 3. The molecule has 5 nitrogen and oxygen atoms in total. The van der Waals surface area contributed by atoms with Crippen LogP contribution in [0.25, 0.3) is 0 Å². The molecular formula is C16H26N2O3. The molecule has 1 saturated heterocycles. The van der Waals surface area contributed by atoms with Crippen LogP contribution >= 0.6 is 0 Å². The lowest BCUT2D eigenvalue weighted by Gasteiger charge is -2.28. The third kappa shape index (κ3) is 3.60. The van der Waals surface area contributed by atoms with E-state index in [1.165, 1.54) is 6.42 Å². The second-order valence-corrected chi connectivity index (χ2v) is 5.23. The average molecular weight is 294 g/mol. The lowest BCUT2D eigenvalue weighted by atomic mass is 10.1. The van der Waals surface area contributed by atoms with Crippen LogP contribution in [-0.4, -0.2) is 51.9 Å². The number of likely N-dealkylation sites (N-methyl/N-ethyl adjacent to an activating group) is 1. The van der Waals surface area contributed by atoms with Gasteiger partial charge in [0.15, 0.2) is 11.5 Å². The van der Waals surface area contributed by atoms with Gasteiger partial charge in [0.2, 0.25) is 0 Å². The Hall–Kier alpha value is -1.46. The van der Waals surface area contributed by atoms with Crippen LogP contribution in [0.15, 0.2) is 12.1 Å². The lowest BCUT2D eigenvalue weighted by molar-refractivity contribution is 0.207. The van der Waals surface area contributed by atoms with Crippen molar-refractivity contribution < 1.29 is 14.2 Å². The van der Waals surface area contributed by atoms with E-state index in [9.17, 15) is 0 Å². The molecule has 0 saturated carbocycles. The number of nitrogens with one attached hydrogen (secondary N) is 1. The SMILES string of the molecule is CCN(Cc1cc(OC)c(OC)cc1OC)C1CCNC1. The summed E-state index contributed by atoms with van der Waals surface area (Å²) in [7, 11) is 4.99. The average Bonchev–Trinajstić information content (AvgIpc) is 3.05. The molecule has 1 fully saturated rings.